The van der Waals surface area contributed by atoms with Gasteiger partial charge in [0, 0.05) is 26.1 Å². The molecule has 1 aromatic rings. The van der Waals surface area contributed by atoms with Crippen molar-refractivity contribution in [2.45, 2.75) is 13.0 Å². The fourth-order valence-electron chi connectivity index (χ4n) is 2.39. The molecule has 2 heterocycles. The highest BCUT2D eigenvalue weighted by molar-refractivity contribution is 6.32. The van der Waals surface area contributed by atoms with Gasteiger partial charge in [0.1, 0.15) is 0 Å². The third-order valence-corrected chi connectivity index (χ3v) is 3.65. The van der Waals surface area contributed by atoms with Crippen LogP contribution in [0.15, 0.2) is 12.1 Å². The molecule has 0 bridgehead atoms. The molecule has 1 fully saturated rings. The molecular weight excluding hydrogens is 266 g/mol. The Labute approximate surface area is 118 Å². The van der Waals surface area contributed by atoms with Crippen molar-refractivity contribution in [3.05, 3.63) is 22.7 Å². The molecule has 2 aliphatic rings. The van der Waals surface area contributed by atoms with Crippen molar-refractivity contribution >= 4 is 11.6 Å². The minimum Gasteiger partial charge on any atom is -0.489 e. The molecule has 0 amide bonds. The fourth-order valence-corrected chi connectivity index (χ4v) is 2.68. The third kappa shape index (κ3) is 3.14. The lowest BCUT2D eigenvalue weighted by atomic mass is 10.2. The molecule has 4 nitrogen and oxygen atoms in total. The van der Waals surface area contributed by atoms with Crippen LogP contribution in [0.1, 0.15) is 12.0 Å². The Balaban J connectivity index is 1.78. The highest BCUT2D eigenvalue weighted by Crippen LogP contribution is 2.38. The maximum absolute atomic E-state index is 6.29. The number of halogens is 1. The molecule has 0 saturated carbocycles. The van der Waals surface area contributed by atoms with Crippen molar-refractivity contribution < 1.29 is 14.2 Å². The molecule has 104 valence electrons. The third-order valence-electron chi connectivity index (χ3n) is 3.37. The van der Waals surface area contributed by atoms with Crippen LogP contribution in [0.4, 0.5) is 0 Å². The van der Waals surface area contributed by atoms with Crippen LogP contribution in [0.2, 0.25) is 5.02 Å². The summed E-state index contributed by atoms with van der Waals surface area (Å²) in [6, 6.07) is 4.02. The van der Waals surface area contributed by atoms with E-state index in [1.165, 1.54) is 0 Å². The summed E-state index contributed by atoms with van der Waals surface area (Å²) in [5, 5.41) is 0.641. The molecule has 1 saturated heterocycles. The Bertz CT molecular complexity index is 447. The molecule has 5 heteroatoms. The summed E-state index contributed by atoms with van der Waals surface area (Å²) in [4.78, 5) is 2.36. The van der Waals surface area contributed by atoms with E-state index in [2.05, 4.69) is 4.90 Å². The Morgan fingerprint density at radius 2 is 1.84 bits per heavy atom. The van der Waals surface area contributed by atoms with Gasteiger partial charge >= 0.3 is 0 Å². The van der Waals surface area contributed by atoms with E-state index in [0.717, 1.165) is 50.6 Å². The second-order valence-corrected chi connectivity index (χ2v) is 5.25. The number of ether oxygens (including phenoxy) is 3. The SMILES string of the molecule is Clc1cc(CN2CCOCC2)cc2c1OCCCO2. The number of fused-ring (bicyclic) bond motifs is 1. The maximum atomic E-state index is 6.29. The van der Waals surface area contributed by atoms with Crippen molar-refractivity contribution in [1.82, 2.24) is 4.90 Å². The average Bonchev–Trinajstić information content (AvgIpc) is 2.65. The quantitative estimate of drug-likeness (QED) is 0.834. The second kappa shape index (κ2) is 5.99. The van der Waals surface area contributed by atoms with E-state index < -0.39 is 0 Å². The Morgan fingerprint density at radius 1 is 1.05 bits per heavy atom. The number of benzene rings is 1. The van der Waals surface area contributed by atoms with Crippen molar-refractivity contribution in [2.75, 3.05) is 39.5 Å². The van der Waals surface area contributed by atoms with Crippen LogP contribution in [0, 0.1) is 0 Å². The lowest BCUT2D eigenvalue weighted by molar-refractivity contribution is 0.0341. The second-order valence-electron chi connectivity index (χ2n) is 4.84. The van der Waals surface area contributed by atoms with Gasteiger partial charge in [0.2, 0.25) is 0 Å². The van der Waals surface area contributed by atoms with E-state index in [4.69, 9.17) is 25.8 Å². The first kappa shape index (κ1) is 13.0. The molecule has 0 aliphatic carbocycles. The predicted molar refractivity (Wildman–Crippen MR) is 73.2 cm³/mol. The lowest BCUT2D eigenvalue weighted by Gasteiger charge is -2.26. The molecule has 0 unspecified atom stereocenters. The Morgan fingerprint density at radius 3 is 2.68 bits per heavy atom. The summed E-state index contributed by atoms with van der Waals surface area (Å²) < 4.78 is 16.7. The number of hydrogen-bond donors (Lipinski definition) is 0. The molecule has 0 atom stereocenters. The van der Waals surface area contributed by atoms with Gasteiger partial charge in [-0.15, -0.1) is 0 Å². The summed E-state index contributed by atoms with van der Waals surface area (Å²) in [5.41, 5.74) is 1.16. The highest BCUT2D eigenvalue weighted by Gasteiger charge is 2.17. The largest absolute Gasteiger partial charge is 0.489 e. The van der Waals surface area contributed by atoms with E-state index >= 15 is 0 Å². The molecule has 19 heavy (non-hydrogen) atoms. The number of hydrogen-bond acceptors (Lipinski definition) is 4. The van der Waals surface area contributed by atoms with Crippen LogP contribution in [0.25, 0.3) is 0 Å². The number of morpholine rings is 1. The molecule has 3 rings (SSSR count). The summed E-state index contributed by atoms with van der Waals surface area (Å²) in [5.74, 6) is 1.46. The van der Waals surface area contributed by atoms with Gasteiger partial charge in [0.05, 0.1) is 31.5 Å². The molecule has 0 radical (unpaired) electrons. The van der Waals surface area contributed by atoms with Crippen molar-refractivity contribution in [1.29, 1.82) is 0 Å². The van der Waals surface area contributed by atoms with Crippen LogP contribution >= 0.6 is 11.6 Å². The van der Waals surface area contributed by atoms with Crippen molar-refractivity contribution in [3.63, 3.8) is 0 Å². The van der Waals surface area contributed by atoms with E-state index in [1.807, 2.05) is 12.1 Å². The zero-order valence-electron chi connectivity index (χ0n) is 10.9. The normalized spacial score (nSPS) is 20.1. The molecule has 1 aromatic carbocycles. The van der Waals surface area contributed by atoms with Crippen LogP contribution in [0.5, 0.6) is 11.5 Å². The first-order chi connectivity index (χ1) is 9.33. The Kier molecular flexibility index (Phi) is 4.11. The summed E-state index contributed by atoms with van der Waals surface area (Å²) in [6.07, 6.45) is 0.893. The maximum Gasteiger partial charge on any atom is 0.179 e. The van der Waals surface area contributed by atoms with Crippen molar-refractivity contribution in [2.24, 2.45) is 0 Å². The summed E-state index contributed by atoms with van der Waals surface area (Å²) in [6.45, 7) is 5.76. The smallest absolute Gasteiger partial charge is 0.179 e. The first-order valence-corrected chi connectivity index (χ1v) is 7.09. The van der Waals surface area contributed by atoms with Crippen LogP contribution < -0.4 is 9.47 Å². The van der Waals surface area contributed by atoms with E-state index in [0.29, 0.717) is 24.0 Å². The van der Waals surface area contributed by atoms with Gasteiger partial charge in [-0.2, -0.15) is 0 Å². The van der Waals surface area contributed by atoms with Gasteiger partial charge in [0.25, 0.3) is 0 Å². The minimum atomic E-state index is 0.641. The molecule has 0 spiro atoms. The van der Waals surface area contributed by atoms with Gasteiger partial charge in [-0.05, 0) is 17.7 Å². The van der Waals surface area contributed by atoms with Crippen LogP contribution in [-0.4, -0.2) is 44.4 Å². The summed E-state index contributed by atoms with van der Waals surface area (Å²) >= 11 is 6.29. The topological polar surface area (TPSA) is 30.9 Å². The van der Waals surface area contributed by atoms with Crippen molar-refractivity contribution in [3.8, 4) is 11.5 Å². The van der Waals surface area contributed by atoms with Crippen LogP contribution in [-0.2, 0) is 11.3 Å². The van der Waals surface area contributed by atoms with E-state index in [1.54, 1.807) is 0 Å². The molecular formula is C14H18ClNO3. The monoisotopic (exact) mass is 283 g/mol. The van der Waals surface area contributed by atoms with E-state index in [9.17, 15) is 0 Å². The van der Waals surface area contributed by atoms with Gasteiger partial charge in [-0.1, -0.05) is 11.6 Å². The fraction of sp³-hybridized carbons (Fsp3) is 0.571. The molecule has 2 aliphatic heterocycles. The zero-order valence-corrected chi connectivity index (χ0v) is 11.6. The zero-order chi connectivity index (χ0) is 13.1. The first-order valence-electron chi connectivity index (χ1n) is 6.71. The predicted octanol–water partition coefficient (Wildman–Crippen LogP) is 2.33. The van der Waals surface area contributed by atoms with Crippen LogP contribution in [0.3, 0.4) is 0 Å². The van der Waals surface area contributed by atoms with Gasteiger partial charge < -0.3 is 14.2 Å². The number of rotatable bonds is 2. The van der Waals surface area contributed by atoms with Gasteiger partial charge in [-0.3, -0.25) is 4.90 Å². The Hall–Kier alpha value is -0.970. The average molecular weight is 284 g/mol. The molecule has 0 aromatic heterocycles. The summed E-state index contributed by atoms with van der Waals surface area (Å²) in [7, 11) is 0. The molecule has 0 N–H and O–H groups in total. The lowest BCUT2D eigenvalue weighted by Crippen LogP contribution is -2.35. The highest BCUT2D eigenvalue weighted by atomic mass is 35.5. The minimum absolute atomic E-state index is 0.641. The van der Waals surface area contributed by atoms with E-state index in [-0.39, 0.29) is 0 Å². The van der Waals surface area contributed by atoms with Gasteiger partial charge in [-0.25, -0.2) is 0 Å². The van der Waals surface area contributed by atoms with Gasteiger partial charge in [0.15, 0.2) is 11.5 Å². The standard InChI is InChI=1S/C14H18ClNO3/c15-12-8-11(10-16-2-6-17-7-3-16)9-13-14(12)19-5-1-4-18-13/h8-9H,1-7,10H2. The number of nitrogens with zero attached hydrogens (tertiary/aromatic N) is 1.